The van der Waals surface area contributed by atoms with E-state index in [1.165, 1.54) is 12.1 Å². The standard InChI is InChI=1S/C25H25F3N2O/c1-29-24(31)23(20-10-6-3-7-11-20)30-17-16-22(18-8-4-2-5-9-18)19-12-14-21(15-13-19)25(26,27)28/h2-15,22-23,30H,16-17H2,1H3,(H,29,31)/t22-,23+/m0/s1. The molecule has 2 atom stereocenters. The maximum atomic E-state index is 13.0. The molecule has 31 heavy (non-hydrogen) atoms. The fraction of sp³-hybridized carbons (Fsp3) is 0.240. The molecule has 3 aromatic carbocycles. The maximum Gasteiger partial charge on any atom is 0.416 e. The van der Waals surface area contributed by atoms with E-state index in [4.69, 9.17) is 0 Å². The smallest absolute Gasteiger partial charge is 0.358 e. The Labute approximate surface area is 180 Å². The lowest BCUT2D eigenvalue weighted by atomic mass is 9.88. The predicted molar refractivity (Wildman–Crippen MR) is 116 cm³/mol. The van der Waals surface area contributed by atoms with Gasteiger partial charge in [-0.2, -0.15) is 13.2 Å². The number of carbonyl (C=O) groups is 1. The Morgan fingerprint density at radius 3 is 1.84 bits per heavy atom. The minimum absolute atomic E-state index is 0.0999. The molecule has 3 nitrogen and oxygen atoms in total. The molecule has 0 radical (unpaired) electrons. The number of alkyl halides is 3. The number of halogens is 3. The summed E-state index contributed by atoms with van der Waals surface area (Å²) in [5, 5.41) is 5.98. The highest BCUT2D eigenvalue weighted by Gasteiger charge is 2.30. The van der Waals surface area contributed by atoms with Crippen LogP contribution in [0, 0.1) is 0 Å². The van der Waals surface area contributed by atoms with Crippen molar-refractivity contribution in [2.45, 2.75) is 24.6 Å². The van der Waals surface area contributed by atoms with E-state index in [1.807, 2.05) is 60.7 Å². The van der Waals surface area contributed by atoms with Crippen LogP contribution in [0.15, 0.2) is 84.9 Å². The second kappa shape index (κ2) is 10.3. The molecule has 0 bridgehead atoms. The molecular weight excluding hydrogens is 401 g/mol. The molecule has 0 fully saturated rings. The summed E-state index contributed by atoms with van der Waals surface area (Å²) in [7, 11) is 1.59. The zero-order valence-corrected chi connectivity index (χ0v) is 17.2. The van der Waals surface area contributed by atoms with Gasteiger partial charge in [0.1, 0.15) is 6.04 Å². The topological polar surface area (TPSA) is 41.1 Å². The zero-order valence-electron chi connectivity index (χ0n) is 17.2. The number of hydrogen-bond donors (Lipinski definition) is 2. The Morgan fingerprint density at radius 2 is 1.32 bits per heavy atom. The lowest BCUT2D eigenvalue weighted by Gasteiger charge is -2.22. The van der Waals surface area contributed by atoms with Crippen molar-refractivity contribution in [2.24, 2.45) is 0 Å². The Morgan fingerprint density at radius 1 is 0.806 bits per heavy atom. The number of amides is 1. The molecule has 0 aromatic heterocycles. The third kappa shape index (κ3) is 5.95. The van der Waals surface area contributed by atoms with Gasteiger partial charge >= 0.3 is 6.18 Å². The fourth-order valence-corrected chi connectivity index (χ4v) is 3.64. The van der Waals surface area contributed by atoms with Crippen LogP contribution < -0.4 is 10.6 Å². The van der Waals surface area contributed by atoms with Gasteiger partial charge in [0.15, 0.2) is 0 Å². The van der Waals surface area contributed by atoms with Crippen LogP contribution >= 0.6 is 0 Å². The number of likely N-dealkylation sites (N-methyl/N-ethyl adjacent to an activating group) is 1. The number of benzene rings is 3. The third-order valence-electron chi connectivity index (χ3n) is 5.27. The van der Waals surface area contributed by atoms with Gasteiger partial charge in [-0.05, 0) is 41.8 Å². The SMILES string of the molecule is CNC(=O)[C@H](NCC[C@@H](c1ccccc1)c1ccc(C(F)(F)F)cc1)c1ccccc1. The number of carbonyl (C=O) groups excluding carboxylic acids is 1. The van der Waals surface area contributed by atoms with Crippen LogP contribution in [0.3, 0.4) is 0 Å². The first-order valence-electron chi connectivity index (χ1n) is 10.1. The Balaban J connectivity index is 1.79. The normalized spacial score (nSPS) is 13.4. The van der Waals surface area contributed by atoms with E-state index in [0.29, 0.717) is 13.0 Å². The van der Waals surface area contributed by atoms with Gasteiger partial charge in [-0.3, -0.25) is 4.79 Å². The molecule has 0 heterocycles. The molecule has 0 saturated heterocycles. The van der Waals surface area contributed by atoms with Crippen LogP contribution in [0.25, 0.3) is 0 Å². The van der Waals surface area contributed by atoms with Gasteiger partial charge in [-0.1, -0.05) is 72.8 Å². The Bertz CT molecular complexity index is 958. The van der Waals surface area contributed by atoms with Crippen molar-refractivity contribution >= 4 is 5.91 Å². The highest BCUT2D eigenvalue weighted by Crippen LogP contribution is 2.33. The minimum atomic E-state index is -4.36. The van der Waals surface area contributed by atoms with Crippen molar-refractivity contribution in [3.05, 3.63) is 107 Å². The average molecular weight is 426 g/mol. The van der Waals surface area contributed by atoms with Crippen LogP contribution in [0.2, 0.25) is 0 Å². The number of hydrogen-bond acceptors (Lipinski definition) is 2. The van der Waals surface area contributed by atoms with E-state index in [0.717, 1.165) is 28.8 Å². The molecule has 6 heteroatoms. The van der Waals surface area contributed by atoms with Crippen molar-refractivity contribution < 1.29 is 18.0 Å². The molecule has 0 spiro atoms. The van der Waals surface area contributed by atoms with Crippen LogP contribution in [0.4, 0.5) is 13.2 Å². The molecule has 0 aliphatic rings. The van der Waals surface area contributed by atoms with Gasteiger partial charge in [0, 0.05) is 13.0 Å². The summed E-state index contributed by atoms with van der Waals surface area (Å²) < 4.78 is 38.9. The Kier molecular flexibility index (Phi) is 7.47. The second-order valence-corrected chi connectivity index (χ2v) is 7.28. The van der Waals surface area contributed by atoms with Gasteiger partial charge in [0.2, 0.25) is 5.91 Å². The first kappa shape index (κ1) is 22.6. The molecule has 3 rings (SSSR count). The van der Waals surface area contributed by atoms with Gasteiger partial charge in [-0.25, -0.2) is 0 Å². The lowest BCUT2D eigenvalue weighted by Crippen LogP contribution is -2.36. The molecular formula is C25H25F3N2O. The Hall–Kier alpha value is -3.12. The largest absolute Gasteiger partial charge is 0.416 e. The molecule has 3 aromatic rings. The summed E-state index contributed by atoms with van der Waals surface area (Å²) in [5.74, 6) is -0.242. The first-order chi connectivity index (χ1) is 14.9. The van der Waals surface area contributed by atoms with Gasteiger partial charge in [-0.15, -0.1) is 0 Å². The summed E-state index contributed by atoms with van der Waals surface area (Å²) in [6, 6.07) is 23.9. The van der Waals surface area contributed by atoms with E-state index in [2.05, 4.69) is 10.6 Å². The number of rotatable bonds is 8. The lowest BCUT2D eigenvalue weighted by molar-refractivity contribution is -0.137. The fourth-order valence-electron chi connectivity index (χ4n) is 3.64. The van der Waals surface area contributed by atoms with Crippen molar-refractivity contribution in [3.63, 3.8) is 0 Å². The quantitative estimate of drug-likeness (QED) is 0.513. The molecule has 0 saturated carbocycles. The maximum absolute atomic E-state index is 13.0. The van der Waals surface area contributed by atoms with E-state index >= 15 is 0 Å². The zero-order chi connectivity index (χ0) is 22.3. The van der Waals surface area contributed by atoms with E-state index in [-0.39, 0.29) is 11.8 Å². The monoisotopic (exact) mass is 426 g/mol. The molecule has 2 N–H and O–H groups in total. The number of nitrogens with one attached hydrogen (secondary N) is 2. The molecule has 162 valence electrons. The average Bonchev–Trinajstić information content (AvgIpc) is 2.79. The first-order valence-corrected chi connectivity index (χ1v) is 10.1. The highest BCUT2D eigenvalue weighted by molar-refractivity contribution is 5.82. The van der Waals surface area contributed by atoms with Crippen molar-refractivity contribution in [2.75, 3.05) is 13.6 Å². The second-order valence-electron chi connectivity index (χ2n) is 7.28. The summed E-state index contributed by atoms with van der Waals surface area (Å²) >= 11 is 0. The van der Waals surface area contributed by atoms with Crippen LogP contribution in [0.1, 0.15) is 40.6 Å². The van der Waals surface area contributed by atoms with Crippen LogP contribution in [-0.2, 0) is 11.0 Å². The van der Waals surface area contributed by atoms with Crippen LogP contribution in [0.5, 0.6) is 0 Å². The molecule has 1 amide bonds. The highest BCUT2D eigenvalue weighted by atomic mass is 19.4. The van der Waals surface area contributed by atoms with E-state index in [9.17, 15) is 18.0 Å². The summed E-state index contributed by atoms with van der Waals surface area (Å²) in [6.07, 6.45) is -3.74. The van der Waals surface area contributed by atoms with Gasteiger partial charge in [0.05, 0.1) is 5.56 Å². The minimum Gasteiger partial charge on any atom is -0.358 e. The summed E-state index contributed by atoms with van der Waals surface area (Å²) in [5.41, 5.74) is 2.01. The molecule has 0 unspecified atom stereocenters. The molecule has 0 aliphatic carbocycles. The van der Waals surface area contributed by atoms with Crippen LogP contribution in [-0.4, -0.2) is 19.5 Å². The van der Waals surface area contributed by atoms with Gasteiger partial charge < -0.3 is 10.6 Å². The van der Waals surface area contributed by atoms with E-state index in [1.54, 1.807) is 7.05 Å². The van der Waals surface area contributed by atoms with Gasteiger partial charge in [0.25, 0.3) is 0 Å². The summed E-state index contributed by atoms with van der Waals surface area (Å²) in [4.78, 5) is 12.4. The van der Waals surface area contributed by atoms with Crippen molar-refractivity contribution in [1.82, 2.24) is 10.6 Å². The molecule has 0 aliphatic heterocycles. The van der Waals surface area contributed by atoms with Crippen molar-refractivity contribution in [1.29, 1.82) is 0 Å². The summed E-state index contributed by atoms with van der Waals surface area (Å²) in [6.45, 7) is 0.508. The predicted octanol–water partition coefficient (Wildman–Crippen LogP) is 5.30. The van der Waals surface area contributed by atoms with E-state index < -0.39 is 17.8 Å². The van der Waals surface area contributed by atoms with Crippen molar-refractivity contribution in [3.8, 4) is 0 Å². The third-order valence-corrected chi connectivity index (χ3v) is 5.27.